The Balaban J connectivity index is 1.78. The number of hydrogen-bond acceptors (Lipinski definition) is 3. The molecule has 6 heteroatoms. The zero-order valence-electron chi connectivity index (χ0n) is 18.3. The van der Waals surface area contributed by atoms with Crippen LogP contribution >= 0.6 is 11.6 Å². The molecule has 1 fully saturated rings. The number of nitrogens with zero attached hydrogens (tertiary/aromatic N) is 2. The van der Waals surface area contributed by atoms with Crippen molar-refractivity contribution in [2.24, 2.45) is 5.92 Å². The van der Waals surface area contributed by atoms with E-state index < -0.39 is 0 Å². The first kappa shape index (κ1) is 21.0. The number of benzene rings is 2. The van der Waals surface area contributed by atoms with Crippen LogP contribution in [0.4, 0.5) is 4.79 Å². The van der Waals surface area contributed by atoms with Crippen LogP contribution in [-0.2, 0) is 4.74 Å². The fraction of sp³-hybridized carbons (Fsp3) is 0.458. The molecule has 30 heavy (non-hydrogen) atoms. The summed E-state index contributed by atoms with van der Waals surface area (Å²) in [7, 11) is 5.65. The van der Waals surface area contributed by atoms with Crippen LogP contribution in [0.5, 0.6) is 11.5 Å². The highest BCUT2D eigenvalue weighted by atomic mass is 35.5. The summed E-state index contributed by atoms with van der Waals surface area (Å²) in [6, 6.07) is 14.1. The van der Waals surface area contributed by atoms with Gasteiger partial charge in [-0.3, -0.25) is 4.48 Å². The summed E-state index contributed by atoms with van der Waals surface area (Å²) in [6.07, 6.45) is -0.533. The van der Waals surface area contributed by atoms with Crippen molar-refractivity contribution in [1.29, 1.82) is 0 Å². The molecule has 4 atom stereocenters. The molecule has 0 aromatic heterocycles. The maximum Gasteiger partial charge on any atom is 0.413 e. The summed E-state index contributed by atoms with van der Waals surface area (Å²) in [6.45, 7) is 5.94. The molecule has 2 aromatic rings. The molecule has 2 heterocycles. The highest BCUT2D eigenvalue weighted by Gasteiger charge is 2.52. The molecule has 0 aliphatic carbocycles. The van der Waals surface area contributed by atoms with Crippen molar-refractivity contribution in [3.8, 4) is 11.5 Å². The van der Waals surface area contributed by atoms with E-state index in [2.05, 4.69) is 33.0 Å². The summed E-state index contributed by atoms with van der Waals surface area (Å²) in [4.78, 5) is 13.9. The number of carbonyl (C=O) groups is 1. The van der Waals surface area contributed by atoms with Crippen LogP contribution in [0.15, 0.2) is 42.5 Å². The van der Waals surface area contributed by atoms with Crippen molar-refractivity contribution >= 4 is 17.7 Å². The van der Waals surface area contributed by atoms with Gasteiger partial charge in [0.15, 0.2) is 0 Å². The zero-order valence-corrected chi connectivity index (χ0v) is 19.0. The Kier molecular flexibility index (Phi) is 5.45. The first-order valence-corrected chi connectivity index (χ1v) is 10.9. The molecule has 0 N–H and O–H groups in total. The lowest BCUT2D eigenvalue weighted by molar-refractivity contribution is -0.946. The normalized spacial score (nSPS) is 25.4. The monoisotopic (exact) mass is 429 g/mol. The van der Waals surface area contributed by atoms with E-state index in [1.54, 1.807) is 14.1 Å². The van der Waals surface area contributed by atoms with Gasteiger partial charge in [0.2, 0.25) is 6.23 Å². The molecule has 4 unspecified atom stereocenters. The molecule has 1 saturated heterocycles. The summed E-state index contributed by atoms with van der Waals surface area (Å²) in [5.74, 6) is 2.43. The van der Waals surface area contributed by atoms with Crippen LogP contribution in [0.2, 0.25) is 5.02 Å². The second-order valence-electron chi connectivity index (χ2n) is 9.29. The van der Waals surface area contributed by atoms with Crippen LogP contribution in [0.25, 0.3) is 0 Å². The molecule has 0 bridgehead atoms. The van der Waals surface area contributed by atoms with Crippen molar-refractivity contribution in [2.45, 2.75) is 31.9 Å². The third kappa shape index (κ3) is 3.65. The van der Waals surface area contributed by atoms with Crippen LogP contribution in [0, 0.1) is 5.92 Å². The van der Waals surface area contributed by atoms with Crippen LogP contribution in [0.1, 0.15) is 36.8 Å². The molecule has 2 aliphatic heterocycles. The van der Waals surface area contributed by atoms with E-state index in [1.165, 1.54) is 10.5 Å². The van der Waals surface area contributed by atoms with Gasteiger partial charge in [0.1, 0.15) is 11.5 Å². The predicted molar refractivity (Wildman–Crippen MR) is 118 cm³/mol. The Morgan fingerprint density at radius 3 is 2.40 bits per heavy atom. The van der Waals surface area contributed by atoms with Gasteiger partial charge in [0.25, 0.3) is 0 Å². The Labute approximate surface area is 183 Å². The van der Waals surface area contributed by atoms with Crippen molar-refractivity contribution in [2.75, 3.05) is 34.2 Å². The molecule has 2 aliphatic rings. The number of ether oxygens (including phenoxy) is 2. The van der Waals surface area contributed by atoms with Crippen molar-refractivity contribution in [3.05, 3.63) is 58.6 Å². The average molecular weight is 430 g/mol. The van der Waals surface area contributed by atoms with Gasteiger partial charge in [-0.2, -0.15) is 0 Å². The molecule has 0 saturated carbocycles. The average Bonchev–Trinajstić information content (AvgIpc) is 2.99. The van der Waals surface area contributed by atoms with Gasteiger partial charge >= 0.3 is 6.09 Å². The van der Waals surface area contributed by atoms with Gasteiger partial charge in [0, 0.05) is 48.0 Å². The lowest BCUT2D eigenvalue weighted by Crippen LogP contribution is -2.55. The molecular formula is C24H30ClN2O3+. The highest BCUT2D eigenvalue weighted by Crippen LogP contribution is 2.52. The molecule has 1 amide bonds. The molecule has 5 nitrogen and oxygen atoms in total. The zero-order chi connectivity index (χ0) is 21.6. The minimum Gasteiger partial charge on any atom is -0.457 e. The van der Waals surface area contributed by atoms with Crippen molar-refractivity contribution in [3.63, 3.8) is 0 Å². The second kappa shape index (κ2) is 7.78. The first-order chi connectivity index (χ1) is 14.2. The Morgan fingerprint density at radius 1 is 1.10 bits per heavy atom. The highest BCUT2D eigenvalue weighted by molar-refractivity contribution is 6.30. The number of likely N-dealkylation sites (N-methyl/N-ethyl adjacent to an activating group) is 1. The largest absolute Gasteiger partial charge is 0.457 e. The molecule has 160 valence electrons. The van der Waals surface area contributed by atoms with Crippen LogP contribution < -0.4 is 4.74 Å². The third-order valence-corrected chi connectivity index (χ3v) is 6.63. The number of amides is 1. The summed E-state index contributed by atoms with van der Waals surface area (Å²) in [5, 5.41) is 0.711. The summed E-state index contributed by atoms with van der Waals surface area (Å²) >= 11 is 6.38. The topological polar surface area (TPSA) is 38.8 Å². The SMILES string of the molecule is CC(C)C(OC(=O)N(C)C)[N+]1(C)CC2c3ccccc3Oc3ccc(Cl)cc3C2C1. The van der Waals surface area contributed by atoms with E-state index >= 15 is 0 Å². The number of halogens is 1. The van der Waals surface area contributed by atoms with Gasteiger partial charge in [-0.15, -0.1) is 0 Å². The standard InChI is InChI=1S/C24H30ClN2O3/c1-15(2)23(30-24(28)26(3)4)27(5)13-19-17-8-6-7-9-21(17)29-22-11-10-16(25)12-18(22)20(19)14-27/h6-12,15,19-20,23H,13-14H2,1-5H3/q+1. The fourth-order valence-corrected chi connectivity index (χ4v) is 5.34. The Morgan fingerprint density at radius 2 is 1.73 bits per heavy atom. The van der Waals surface area contributed by atoms with E-state index in [4.69, 9.17) is 21.1 Å². The lowest BCUT2D eigenvalue weighted by Gasteiger charge is -2.40. The third-order valence-electron chi connectivity index (χ3n) is 6.39. The molecule has 2 aromatic carbocycles. The van der Waals surface area contributed by atoms with E-state index in [0.29, 0.717) is 9.51 Å². The van der Waals surface area contributed by atoms with E-state index in [9.17, 15) is 4.79 Å². The molecule has 4 rings (SSSR count). The number of rotatable bonds is 3. The van der Waals surface area contributed by atoms with Crippen molar-refractivity contribution in [1.82, 2.24) is 4.90 Å². The number of para-hydroxylation sites is 1. The number of likely N-dealkylation sites (tertiary alicyclic amines) is 1. The minimum atomic E-state index is -0.299. The smallest absolute Gasteiger partial charge is 0.413 e. The number of fused-ring (bicyclic) bond motifs is 5. The van der Waals surface area contributed by atoms with Gasteiger partial charge in [-0.05, 0) is 24.3 Å². The lowest BCUT2D eigenvalue weighted by atomic mass is 9.84. The van der Waals surface area contributed by atoms with E-state index in [1.807, 2.05) is 30.3 Å². The van der Waals surface area contributed by atoms with Crippen molar-refractivity contribution < 1.29 is 18.8 Å². The number of hydrogen-bond donors (Lipinski definition) is 0. The van der Waals surface area contributed by atoms with E-state index in [-0.39, 0.29) is 30.1 Å². The van der Waals surface area contributed by atoms with Gasteiger partial charge in [-0.25, -0.2) is 4.79 Å². The van der Waals surface area contributed by atoms with E-state index in [0.717, 1.165) is 30.2 Å². The maximum atomic E-state index is 12.4. The minimum absolute atomic E-state index is 0.187. The van der Waals surface area contributed by atoms with Crippen LogP contribution in [0.3, 0.4) is 0 Å². The second-order valence-corrected chi connectivity index (χ2v) is 9.73. The maximum absolute atomic E-state index is 12.4. The molecule has 0 radical (unpaired) electrons. The quantitative estimate of drug-likeness (QED) is 0.608. The summed E-state index contributed by atoms with van der Waals surface area (Å²) < 4.78 is 13.0. The van der Waals surface area contributed by atoms with Gasteiger partial charge in [-0.1, -0.05) is 43.6 Å². The fourth-order valence-electron chi connectivity index (χ4n) is 5.16. The molecule has 0 spiro atoms. The van der Waals surface area contributed by atoms with Gasteiger partial charge in [0.05, 0.1) is 20.1 Å². The van der Waals surface area contributed by atoms with Gasteiger partial charge < -0.3 is 14.4 Å². The predicted octanol–water partition coefficient (Wildman–Crippen LogP) is 5.45. The number of carbonyl (C=O) groups excluding carboxylic acids is 1. The number of quaternary nitrogens is 1. The van der Waals surface area contributed by atoms with Crippen LogP contribution in [-0.4, -0.2) is 55.9 Å². The molecular weight excluding hydrogens is 400 g/mol. The first-order valence-electron chi connectivity index (χ1n) is 10.5. The Bertz CT molecular complexity index is 961. The summed E-state index contributed by atoms with van der Waals surface area (Å²) in [5.41, 5.74) is 2.34. The Hall–Kier alpha value is -2.24.